The van der Waals surface area contributed by atoms with Gasteiger partial charge in [0.1, 0.15) is 0 Å². The van der Waals surface area contributed by atoms with Crippen LogP contribution in [0.5, 0.6) is 11.5 Å². The van der Waals surface area contributed by atoms with Crippen molar-refractivity contribution in [1.29, 1.82) is 0 Å². The first-order valence-electron chi connectivity index (χ1n) is 5.81. The fourth-order valence-corrected chi connectivity index (χ4v) is 1.66. The number of nitrogens with two attached hydrogens (primary N) is 1. The molecule has 1 aromatic heterocycles. The summed E-state index contributed by atoms with van der Waals surface area (Å²) in [7, 11) is 3.14. The maximum Gasteiger partial charge on any atom is 0.246 e. The number of hydrogen-bond acceptors (Lipinski definition) is 6. The molecule has 1 heterocycles. The number of hydrogen-bond donors (Lipinski definition) is 1. The zero-order valence-electron chi connectivity index (χ0n) is 11.4. The molecule has 0 aliphatic heterocycles. The van der Waals surface area contributed by atoms with Crippen molar-refractivity contribution in [2.75, 3.05) is 14.2 Å². The number of ether oxygens (including phenoxy) is 2. The number of rotatable bonds is 4. The minimum atomic E-state index is -0.683. The summed E-state index contributed by atoms with van der Waals surface area (Å²) in [5.74, 6) is 1.96. The molecule has 0 radical (unpaired) electrons. The SMILES string of the molecule is COc1cccc(-c2noc(C(C)(C)N)n2)c1OC. The molecule has 102 valence electrons. The van der Waals surface area contributed by atoms with Crippen molar-refractivity contribution in [2.45, 2.75) is 19.4 Å². The average molecular weight is 263 g/mol. The van der Waals surface area contributed by atoms with Gasteiger partial charge in [-0.3, -0.25) is 0 Å². The van der Waals surface area contributed by atoms with Crippen molar-refractivity contribution < 1.29 is 14.0 Å². The van der Waals surface area contributed by atoms with E-state index in [1.54, 1.807) is 34.1 Å². The lowest BCUT2D eigenvalue weighted by molar-refractivity contribution is 0.312. The summed E-state index contributed by atoms with van der Waals surface area (Å²) in [6, 6.07) is 5.47. The molecular weight excluding hydrogens is 246 g/mol. The van der Waals surface area contributed by atoms with E-state index in [0.29, 0.717) is 28.8 Å². The molecule has 0 spiro atoms. The third kappa shape index (κ3) is 2.53. The molecule has 1 aromatic carbocycles. The molecular formula is C13H17N3O3. The molecule has 0 saturated heterocycles. The predicted octanol–water partition coefficient (Wildman–Crippen LogP) is 1.95. The zero-order chi connectivity index (χ0) is 14.0. The molecule has 0 bridgehead atoms. The van der Waals surface area contributed by atoms with Gasteiger partial charge in [-0.1, -0.05) is 11.2 Å². The van der Waals surface area contributed by atoms with Crippen LogP contribution in [0.3, 0.4) is 0 Å². The number of benzene rings is 1. The molecule has 0 unspecified atom stereocenters. The largest absolute Gasteiger partial charge is 0.493 e. The molecule has 19 heavy (non-hydrogen) atoms. The lowest BCUT2D eigenvalue weighted by atomic mass is 10.1. The average Bonchev–Trinajstić information content (AvgIpc) is 2.86. The Morgan fingerprint density at radius 2 is 1.95 bits per heavy atom. The van der Waals surface area contributed by atoms with Gasteiger partial charge in [0.15, 0.2) is 11.5 Å². The van der Waals surface area contributed by atoms with E-state index in [0.717, 1.165) is 0 Å². The number of nitrogens with zero attached hydrogens (tertiary/aromatic N) is 2. The second-order valence-corrected chi connectivity index (χ2v) is 4.69. The van der Waals surface area contributed by atoms with Crippen LogP contribution in [0.15, 0.2) is 22.7 Å². The summed E-state index contributed by atoms with van der Waals surface area (Å²) in [6.45, 7) is 3.60. The maximum absolute atomic E-state index is 5.92. The van der Waals surface area contributed by atoms with Crippen molar-refractivity contribution in [2.24, 2.45) is 5.73 Å². The fraction of sp³-hybridized carbons (Fsp3) is 0.385. The summed E-state index contributed by atoms with van der Waals surface area (Å²) in [4.78, 5) is 4.30. The Morgan fingerprint density at radius 1 is 1.21 bits per heavy atom. The first-order chi connectivity index (χ1) is 8.97. The van der Waals surface area contributed by atoms with Gasteiger partial charge < -0.3 is 19.7 Å². The van der Waals surface area contributed by atoms with Crippen LogP contribution < -0.4 is 15.2 Å². The normalized spacial score (nSPS) is 11.4. The number of methoxy groups -OCH3 is 2. The zero-order valence-corrected chi connectivity index (χ0v) is 11.4. The van der Waals surface area contributed by atoms with Crippen molar-refractivity contribution in [3.05, 3.63) is 24.1 Å². The van der Waals surface area contributed by atoms with Crippen molar-refractivity contribution in [3.8, 4) is 22.9 Å². The first kappa shape index (κ1) is 13.4. The monoisotopic (exact) mass is 263 g/mol. The van der Waals surface area contributed by atoms with E-state index in [9.17, 15) is 0 Å². The third-order valence-electron chi connectivity index (χ3n) is 2.62. The number of aromatic nitrogens is 2. The Labute approximate surface area is 111 Å². The fourth-order valence-electron chi connectivity index (χ4n) is 1.66. The molecule has 0 aliphatic rings. The van der Waals surface area contributed by atoms with E-state index in [-0.39, 0.29) is 0 Å². The van der Waals surface area contributed by atoms with E-state index in [2.05, 4.69) is 10.1 Å². The minimum absolute atomic E-state index is 0.368. The Bertz CT molecular complexity index is 573. The molecule has 0 aliphatic carbocycles. The van der Waals surface area contributed by atoms with E-state index >= 15 is 0 Å². The molecule has 0 saturated carbocycles. The third-order valence-corrected chi connectivity index (χ3v) is 2.62. The van der Waals surface area contributed by atoms with Crippen LogP contribution in [0.25, 0.3) is 11.4 Å². The Balaban J connectivity index is 2.50. The van der Waals surface area contributed by atoms with Crippen molar-refractivity contribution >= 4 is 0 Å². The standard InChI is InChI=1S/C13H17N3O3/c1-13(2,14)12-15-11(16-19-12)8-6-5-7-9(17-3)10(8)18-4/h5-7H,14H2,1-4H3. The molecule has 0 fully saturated rings. The summed E-state index contributed by atoms with van der Waals surface area (Å²) in [6.07, 6.45) is 0. The summed E-state index contributed by atoms with van der Waals surface area (Å²) >= 11 is 0. The van der Waals surface area contributed by atoms with Crippen LogP contribution in [0.1, 0.15) is 19.7 Å². The summed E-state index contributed by atoms with van der Waals surface area (Å²) in [5, 5.41) is 3.94. The van der Waals surface area contributed by atoms with Gasteiger partial charge in [0.05, 0.1) is 25.3 Å². The number of para-hydroxylation sites is 1. The Kier molecular flexibility index (Phi) is 3.44. The lowest BCUT2D eigenvalue weighted by Gasteiger charge is -2.11. The van der Waals surface area contributed by atoms with Gasteiger partial charge in [-0.15, -0.1) is 0 Å². The lowest BCUT2D eigenvalue weighted by Crippen LogP contribution is -2.28. The van der Waals surface area contributed by atoms with Crippen LogP contribution in [0, 0.1) is 0 Å². The molecule has 6 nitrogen and oxygen atoms in total. The summed E-state index contributed by atoms with van der Waals surface area (Å²) < 4.78 is 15.7. The highest BCUT2D eigenvalue weighted by atomic mass is 16.5. The Morgan fingerprint density at radius 3 is 2.47 bits per heavy atom. The van der Waals surface area contributed by atoms with Crippen LogP contribution in [-0.2, 0) is 5.54 Å². The molecule has 0 atom stereocenters. The molecule has 6 heteroatoms. The highest BCUT2D eigenvalue weighted by molar-refractivity contribution is 5.68. The van der Waals surface area contributed by atoms with Crippen LogP contribution in [-0.4, -0.2) is 24.4 Å². The topological polar surface area (TPSA) is 83.4 Å². The van der Waals surface area contributed by atoms with Gasteiger partial charge in [0.2, 0.25) is 11.7 Å². The van der Waals surface area contributed by atoms with Crippen molar-refractivity contribution in [3.63, 3.8) is 0 Å². The Hall–Kier alpha value is -2.08. The van der Waals surface area contributed by atoms with E-state index in [1.165, 1.54) is 0 Å². The highest BCUT2D eigenvalue weighted by Gasteiger charge is 2.24. The molecule has 2 rings (SSSR count). The van der Waals surface area contributed by atoms with Crippen molar-refractivity contribution in [1.82, 2.24) is 10.1 Å². The summed E-state index contributed by atoms with van der Waals surface area (Å²) in [5.41, 5.74) is 5.93. The second kappa shape index (κ2) is 4.89. The second-order valence-electron chi connectivity index (χ2n) is 4.69. The van der Waals surface area contributed by atoms with Gasteiger partial charge >= 0.3 is 0 Å². The van der Waals surface area contributed by atoms with Gasteiger partial charge in [-0.05, 0) is 26.0 Å². The van der Waals surface area contributed by atoms with E-state index in [4.69, 9.17) is 19.7 Å². The van der Waals surface area contributed by atoms with E-state index < -0.39 is 5.54 Å². The maximum atomic E-state index is 5.92. The van der Waals surface area contributed by atoms with Crippen LogP contribution >= 0.6 is 0 Å². The van der Waals surface area contributed by atoms with Gasteiger partial charge in [0, 0.05) is 0 Å². The van der Waals surface area contributed by atoms with Gasteiger partial charge in [-0.2, -0.15) is 4.98 Å². The van der Waals surface area contributed by atoms with Crippen LogP contribution in [0.2, 0.25) is 0 Å². The first-order valence-corrected chi connectivity index (χ1v) is 5.81. The molecule has 0 amide bonds. The highest BCUT2D eigenvalue weighted by Crippen LogP contribution is 2.36. The van der Waals surface area contributed by atoms with Gasteiger partial charge in [0.25, 0.3) is 0 Å². The molecule has 2 aromatic rings. The predicted molar refractivity (Wildman–Crippen MR) is 70.1 cm³/mol. The van der Waals surface area contributed by atoms with Crippen LogP contribution in [0.4, 0.5) is 0 Å². The quantitative estimate of drug-likeness (QED) is 0.907. The van der Waals surface area contributed by atoms with Gasteiger partial charge in [-0.25, -0.2) is 0 Å². The smallest absolute Gasteiger partial charge is 0.246 e. The van der Waals surface area contributed by atoms with E-state index in [1.807, 2.05) is 12.1 Å². The minimum Gasteiger partial charge on any atom is -0.493 e. The molecule has 2 N–H and O–H groups in total.